The molecule has 74 valence electrons. The first-order chi connectivity index (χ1) is 6.72. The molecule has 1 rings (SSSR count). The van der Waals surface area contributed by atoms with E-state index in [0.29, 0.717) is 13.0 Å². The average Bonchev–Trinajstić information content (AvgIpc) is 2.16. The SMILES string of the molecule is CC(=O)Nc1ccc(CNC=O)cc1. The molecule has 14 heavy (non-hydrogen) atoms. The summed E-state index contributed by atoms with van der Waals surface area (Å²) in [5, 5.41) is 5.22. The minimum absolute atomic E-state index is 0.0937. The second kappa shape index (κ2) is 5.01. The van der Waals surface area contributed by atoms with Gasteiger partial charge < -0.3 is 10.6 Å². The highest BCUT2D eigenvalue weighted by molar-refractivity contribution is 5.88. The van der Waals surface area contributed by atoms with Crippen molar-refractivity contribution in [1.29, 1.82) is 0 Å². The van der Waals surface area contributed by atoms with Gasteiger partial charge in [0.25, 0.3) is 0 Å². The van der Waals surface area contributed by atoms with E-state index in [2.05, 4.69) is 10.6 Å². The Morgan fingerprint density at radius 1 is 1.36 bits per heavy atom. The molecule has 0 unspecified atom stereocenters. The largest absolute Gasteiger partial charge is 0.355 e. The van der Waals surface area contributed by atoms with E-state index >= 15 is 0 Å². The molecular formula is C10H12N2O2. The number of nitrogens with one attached hydrogen (secondary N) is 2. The van der Waals surface area contributed by atoms with E-state index < -0.39 is 0 Å². The molecule has 0 radical (unpaired) electrons. The number of amides is 2. The lowest BCUT2D eigenvalue weighted by Gasteiger charge is -2.03. The fraction of sp³-hybridized carbons (Fsp3) is 0.200. The van der Waals surface area contributed by atoms with Gasteiger partial charge in [0.05, 0.1) is 0 Å². The molecule has 0 fully saturated rings. The van der Waals surface area contributed by atoms with Gasteiger partial charge in [0.2, 0.25) is 12.3 Å². The van der Waals surface area contributed by atoms with E-state index in [4.69, 9.17) is 0 Å². The number of rotatable bonds is 4. The average molecular weight is 192 g/mol. The maximum atomic E-state index is 10.7. The number of benzene rings is 1. The van der Waals surface area contributed by atoms with Crippen LogP contribution in [0.15, 0.2) is 24.3 Å². The zero-order valence-corrected chi connectivity index (χ0v) is 7.91. The van der Waals surface area contributed by atoms with Crippen LogP contribution in [-0.2, 0) is 16.1 Å². The summed E-state index contributed by atoms with van der Waals surface area (Å²) in [6, 6.07) is 7.29. The van der Waals surface area contributed by atoms with E-state index in [0.717, 1.165) is 11.3 Å². The van der Waals surface area contributed by atoms with Crippen LogP contribution in [0.25, 0.3) is 0 Å². The van der Waals surface area contributed by atoms with Crippen molar-refractivity contribution in [2.24, 2.45) is 0 Å². The highest BCUT2D eigenvalue weighted by atomic mass is 16.1. The molecule has 0 aliphatic heterocycles. The molecule has 0 saturated heterocycles. The Morgan fingerprint density at radius 3 is 2.50 bits per heavy atom. The van der Waals surface area contributed by atoms with Gasteiger partial charge in [0, 0.05) is 19.2 Å². The van der Waals surface area contributed by atoms with Crippen LogP contribution in [0.1, 0.15) is 12.5 Å². The zero-order chi connectivity index (χ0) is 10.4. The number of hydrogen-bond donors (Lipinski definition) is 2. The number of carbonyl (C=O) groups is 2. The summed E-state index contributed by atoms with van der Waals surface area (Å²) >= 11 is 0. The first kappa shape index (κ1) is 10.2. The molecule has 1 aromatic rings. The predicted octanol–water partition coefficient (Wildman–Crippen LogP) is 0.891. The van der Waals surface area contributed by atoms with Gasteiger partial charge in [-0.25, -0.2) is 0 Å². The Morgan fingerprint density at radius 2 is 2.00 bits per heavy atom. The Labute approximate surface area is 82.3 Å². The lowest BCUT2D eigenvalue weighted by molar-refractivity contribution is -0.114. The normalized spacial score (nSPS) is 9.21. The van der Waals surface area contributed by atoms with Gasteiger partial charge in [-0.1, -0.05) is 12.1 Å². The Balaban J connectivity index is 2.58. The fourth-order valence-corrected chi connectivity index (χ4v) is 1.07. The van der Waals surface area contributed by atoms with E-state index in [9.17, 15) is 9.59 Å². The van der Waals surface area contributed by atoms with Crippen LogP contribution >= 0.6 is 0 Å². The third-order valence-electron chi connectivity index (χ3n) is 1.66. The van der Waals surface area contributed by atoms with Gasteiger partial charge in [0.1, 0.15) is 0 Å². The monoisotopic (exact) mass is 192 g/mol. The van der Waals surface area contributed by atoms with Gasteiger partial charge >= 0.3 is 0 Å². The highest BCUT2D eigenvalue weighted by Crippen LogP contribution is 2.08. The molecule has 4 heteroatoms. The first-order valence-electron chi connectivity index (χ1n) is 4.26. The predicted molar refractivity (Wildman–Crippen MR) is 53.6 cm³/mol. The Kier molecular flexibility index (Phi) is 3.67. The van der Waals surface area contributed by atoms with Crippen molar-refractivity contribution in [3.05, 3.63) is 29.8 Å². The fourth-order valence-electron chi connectivity index (χ4n) is 1.07. The van der Waals surface area contributed by atoms with Crippen LogP contribution in [0.4, 0.5) is 5.69 Å². The molecule has 4 nitrogen and oxygen atoms in total. The van der Waals surface area contributed by atoms with Crippen LogP contribution < -0.4 is 10.6 Å². The van der Waals surface area contributed by atoms with Crippen molar-refractivity contribution in [2.45, 2.75) is 13.5 Å². The smallest absolute Gasteiger partial charge is 0.221 e. The van der Waals surface area contributed by atoms with Crippen molar-refractivity contribution < 1.29 is 9.59 Å². The second-order valence-corrected chi connectivity index (χ2v) is 2.88. The van der Waals surface area contributed by atoms with Gasteiger partial charge in [0.15, 0.2) is 0 Å². The Bertz CT molecular complexity index is 319. The summed E-state index contributed by atoms with van der Waals surface area (Å²) in [5.74, 6) is -0.0937. The molecular weight excluding hydrogens is 180 g/mol. The lowest BCUT2D eigenvalue weighted by Crippen LogP contribution is -2.10. The van der Waals surface area contributed by atoms with Crippen molar-refractivity contribution in [2.75, 3.05) is 5.32 Å². The van der Waals surface area contributed by atoms with E-state index in [1.165, 1.54) is 6.92 Å². The van der Waals surface area contributed by atoms with Gasteiger partial charge in [-0.2, -0.15) is 0 Å². The van der Waals surface area contributed by atoms with Gasteiger partial charge in [-0.15, -0.1) is 0 Å². The maximum absolute atomic E-state index is 10.7. The molecule has 0 atom stereocenters. The summed E-state index contributed by atoms with van der Waals surface area (Å²) in [7, 11) is 0. The number of hydrogen-bond acceptors (Lipinski definition) is 2. The second-order valence-electron chi connectivity index (χ2n) is 2.88. The molecule has 2 N–H and O–H groups in total. The van der Waals surface area contributed by atoms with Crippen LogP contribution in [0.2, 0.25) is 0 Å². The van der Waals surface area contributed by atoms with Crippen molar-refractivity contribution >= 4 is 18.0 Å². The van der Waals surface area contributed by atoms with Crippen molar-refractivity contribution in [3.8, 4) is 0 Å². The first-order valence-corrected chi connectivity index (χ1v) is 4.26. The molecule has 0 bridgehead atoms. The minimum atomic E-state index is -0.0937. The van der Waals surface area contributed by atoms with E-state index in [1.807, 2.05) is 12.1 Å². The maximum Gasteiger partial charge on any atom is 0.221 e. The van der Waals surface area contributed by atoms with Crippen molar-refractivity contribution in [3.63, 3.8) is 0 Å². The zero-order valence-electron chi connectivity index (χ0n) is 7.91. The molecule has 0 saturated carbocycles. The number of anilines is 1. The molecule has 0 aliphatic rings. The summed E-state index contributed by atoms with van der Waals surface area (Å²) < 4.78 is 0. The summed E-state index contributed by atoms with van der Waals surface area (Å²) in [6.45, 7) is 1.96. The van der Waals surface area contributed by atoms with Crippen molar-refractivity contribution in [1.82, 2.24) is 5.32 Å². The quantitative estimate of drug-likeness (QED) is 0.696. The van der Waals surface area contributed by atoms with Crippen LogP contribution in [0, 0.1) is 0 Å². The topological polar surface area (TPSA) is 58.2 Å². The third kappa shape index (κ3) is 3.26. The molecule has 2 amide bonds. The minimum Gasteiger partial charge on any atom is -0.355 e. The number of carbonyl (C=O) groups excluding carboxylic acids is 2. The molecule has 1 aromatic carbocycles. The third-order valence-corrected chi connectivity index (χ3v) is 1.66. The summed E-state index contributed by atoms with van der Waals surface area (Å²) in [6.07, 6.45) is 0.654. The van der Waals surface area contributed by atoms with E-state index in [-0.39, 0.29) is 5.91 Å². The van der Waals surface area contributed by atoms with Crippen LogP contribution in [0.5, 0.6) is 0 Å². The lowest BCUT2D eigenvalue weighted by atomic mass is 10.2. The summed E-state index contributed by atoms with van der Waals surface area (Å²) in [4.78, 5) is 20.7. The molecule has 0 aromatic heterocycles. The van der Waals surface area contributed by atoms with Gasteiger partial charge in [-0.05, 0) is 17.7 Å². The molecule has 0 spiro atoms. The molecule has 0 heterocycles. The Hall–Kier alpha value is -1.84. The highest BCUT2D eigenvalue weighted by Gasteiger charge is 1.95. The van der Waals surface area contributed by atoms with Gasteiger partial charge in [-0.3, -0.25) is 9.59 Å². The molecule has 0 aliphatic carbocycles. The standard InChI is InChI=1S/C10H12N2O2/c1-8(14)12-10-4-2-9(3-5-10)6-11-7-13/h2-5,7H,6H2,1H3,(H,11,13)(H,12,14). The summed E-state index contributed by atoms with van der Waals surface area (Å²) in [5.41, 5.74) is 1.75. The van der Waals surface area contributed by atoms with E-state index in [1.54, 1.807) is 12.1 Å². The van der Waals surface area contributed by atoms with Crippen LogP contribution in [0.3, 0.4) is 0 Å². The van der Waals surface area contributed by atoms with Crippen LogP contribution in [-0.4, -0.2) is 12.3 Å².